The second-order valence-electron chi connectivity index (χ2n) is 3.94. The van der Waals surface area contributed by atoms with Crippen molar-refractivity contribution in [1.82, 2.24) is 9.38 Å². The average Bonchev–Trinajstić information content (AvgIpc) is 2.44. The van der Waals surface area contributed by atoms with Gasteiger partial charge in [0, 0.05) is 12.4 Å². The zero-order valence-corrected chi connectivity index (χ0v) is 9.12. The second kappa shape index (κ2) is 3.62. The number of hydrogen-bond donors (Lipinski definition) is 0. The second-order valence-corrected chi connectivity index (χ2v) is 4.38. The molecule has 0 aromatic carbocycles. The molecule has 0 atom stereocenters. The molecule has 2 heterocycles. The van der Waals surface area contributed by atoms with E-state index >= 15 is 0 Å². The number of halogens is 1. The van der Waals surface area contributed by atoms with Crippen molar-refractivity contribution in [3.8, 4) is 0 Å². The van der Waals surface area contributed by atoms with Crippen LogP contribution >= 0.6 is 11.6 Å². The van der Waals surface area contributed by atoms with E-state index < -0.39 is 0 Å². The molecule has 0 aliphatic rings. The lowest BCUT2D eigenvalue weighted by atomic mass is 10.1. The Labute approximate surface area is 88.5 Å². The molecule has 0 spiro atoms. The predicted octanol–water partition coefficient (Wildman–Crippen LogP) is 3.19. The van der Waals surface area contributed by atoms with E-state index in [4.69, 9.17) is 11.6 Å². The fourth-order valence-corrected chi connectivity index (χ4v) is 1.70. The van der Waals surface area contributed by atoms with Crippen LogP contribution in [0.2, 0.25) is 5.02 Å². The molecule has 0 unspecified atom stereocenters. The van der Waals surface area contributed by atoms with Crippen molar-refractivity contribution in [2.75, 3.05) is 0 Å². The third-order valence-corrected chi connectivity index (χ3v) is 2.31. The summed E-state index contributed by atoms with van der Waals surface area (Å²) in [5.74, 6) is 0.635. The zero-order valence-electron chi connectivity index (χ0n) is 8.37. The summed E-state index contributed by atoms with van der Waals surface area (Å²) in [5, 5.41) is 0.742. The smallest absolute Gasteiger partial charge is 0.137 e. The maximum atomic E-state index is 5.89. The van der Waals surface area contributed by atoms with Gasteiger partial charge < -0.3 is 4.40 Å². The first-order chi connectivity index (χ1) is 6.65. The first-order valence-corrected chi connectivity index (χ1v) is 5.16. The van der Waals surface area contributed by atoms with Gasteiger partial charge in [-0.05, 0) is 24.5 Å². The van der Waals surface area contributed by atoms with Crippen LogP contribution in [-0.4, -0.2) is 9.38 Å². The molecule has 2 nitrogen and oxygen atoms in total. The minimum atomic E-state index is 0.635. The van der Waals surface area contributed by atoms with E-state index in [0.29, 0.717) is 5.92 Å². The molecule has 0 fully saturated rings. The lowest BCUT2D eigenvalue weighted by Crippen LogP contribution is -1.93. The van der Waals surface area contributed by atoms with Gasteiger partial charge in [-0.2, -0.15) is 0 Å². The standard InChI is InChI=1S/C11H13ClN2/c1-8(2)5-10-7-14-6-9(12)3-4-11(14)13-10/h3-4,6-8H,5H2,1-2H3. The largest absolute Gasteiger partial charge is 0.305 e. The Morgan fingerprint density at radius 1 is 1.36 bits per heavy atom. The highest BCUT2D eigenvalue weighted by Gasteiger charge is 2.03. The summed E-state index contributed by atoms with van der Waals surface area (Å²) in [5.41, 5.74) is 2.09. The molecule has 0 bridgehead atoms. The zero-order chi connectivity index (χ0) is 10.1. The molecule has 0 aliphatic heterocycles. The van der Waals surface area contributed by atoms with Crippen LogP contribution in [0.1, 0.15) is 19.5 Å². The number of imidazole rings is 1. The maximum absolute atomic E-state index is 5.89. The monoisotopic (exact) mass is 208 g/mol. The lowest BCUT2D eigenvalue weighted by Gasteiger charge is -1.97. The van der Waals surface area contributed by atoms with Crippen LogP contribution in [0.25, 0.3) is 5.65 Å². The topological polar surface area (TPSA) is 17.3 Å². The molecule has 0 aliphatic carbocycles. The SMILES string of the molecule is CC(C)Cc1cn2cc(Cl)ccc2n1. The Morgan fingerprint density at radius 2 is 2.14 bits per heavy atom. The summed E-state index contributed by atoms with van der Waals surface area (Å²) in [6, 6.07) is 3.80. The van der Waals surface area contributed by atoms with Crippen LogP contribution in [-0.2, 0) is 6.42 Å². The summed E-state index contributed by atoms with van der Waals surface area (Å²) in [7, 11) is 0. The molecular formula is C11H13ClN2. The molecule has 0 saturated carbocycles. The Bertz CT molecular complexity index is 445. The van der Waals surface area contributed by atoms with Crippen molar-refractivity contribution in [3.05, 3.63) is 35.2 Å². The summed E-state index contributed by atoms with van der Waals surface area (Å²) in [6.07, 6.45) is 4.94. The van der Waals surface area contributed by atoms with E-state index in [1.165, 1.54) is 0 Å². The predicted molar refractivity (Wildman–Crippen MR) is 58.7 cm³/mol. The van der Waals surface area contributed by atoms with Crippen molar-refractivity contribution in [2.45, 2.75) is 20.3 Å². The van der Waals surface area contributed by atoms with Gasteiger partial charge >= 0.3 is 0 Å². The van der Waals surface area contributed by atoms with Crippen molar-refractivity contribution < 1.29 is 0 Å². The molecule has 3 heteroatoms. The van der Waals surface area contributed by atoms with Gasteiger partial charge in [0.05, 0.1) is 10.7 Å². The summed E-state index contributed by atoms with van der Waals surface area (Å²) in [6.45, 7) is 4.38. The maximum Gasteiger partial charge on any atom is 0.137 e. The molecule has 0 saturated heterocycles. The van der Waals surface area contributed by atoms with Crippen molar-refractivity contribution >= 4 is 17.2 Å². The van der Waals surface area contributed by atoms with Crippen molar-refractivity contribution in [2.24, 2.45) is 5.92 Å². The number of aromatic nitrogens is 2. The quantitative estimate of drug-likeness (QED) is 0.741. The van der Waals surface area contributed by atoms with Gasteiger partial charge in [-0.25, -0.2) is 4.98 Å². The van der Waals surface area contributed by atoms with E-state index in [1.54, 1.807) is 0 Å². The van der Waals surface area contributed by atoms with Gasteiger partial charge in [0.2, 0.25) is 0 Å². The molecule has 0 amide bonds. The molecular weight excluding hydrogens is 196 g/mol. The first-order valence-electron chi connectivity index (χ1n) is 4.78. The van der Waals surface area contributed by atoms with E-state index in [0.717, 1.165) is 22.8 Å². The molecule has 14 heavy (non-hydrogen) atoms. The number of fused-ring (bicyclic) bond motifs is 1. The van der Waals surface area contributed by atoms with Gasteiger partial charge in [-0.1, -0.05) is 25.4 Å². The number of rotatable bonds is 2. The normalized spacial score (nSPS) is 11.4. The van der Waals surface area contributed by atoms with Crippen molar-refractivity contribution in [1.29, 1.82) is 0 Å². The Hall–Kier alpha value is -1.02. The Kier molecular flexibility index (Phi) is 2.46. The van der Waals surface area contributed by atoms with E-state index in [1.807, 2.05) is 28.9 Å². The van der Waals surface area contributed by atoms with Gasteiger partial charge in [0.15, 0.2) is 0 Å². The highest BCUT2D eigenvalue weighted by atomic mass is 35.5. The summed E-state index contributed by atoms with van der Waals surface area (Å²) < 4.78 is 1.97. The van der Waals surface area contributed by atoms with E-state index in [-0.39, 0.29) is 0 Å². The third kappa shape index (κ3) is 1.90. The van der Waals surface area contributed by atoms with Crippen LogP contribution in [0.4, 0.5) is 0 Å². The Morgan fingerprint density at radius 3 is 2.86 bits per heavy atom. The molecule has 2 rings (SSSR count). The Balaban J connectivity index is 2.41. The van der Waals surface area contributed by atoms with E-state index in [9.17, 15) is 0 Å². The van der Waals surface area contributed by atoms with Crippen LogP contribution in [0.15, 0.2) is 24.5 Å². The fraction of sp³-hybridized carbons (Fsp3) is 0.364. The van der Waals surface area contributed by atoms with Gasteiger partial charge in [-0.3, -0.25) is 0 Å². The van der Waals surface area contributed by atoms with Crippen LogP contribution < -0.4 is 0 Å². The molecule has 2 aromatic rings. The number of pyridine rings is 1. The molecule has 0 N–H and O–H groups in total. The lowest BCUT2D eigenvalue weighted by molar-refractivity contribution is 0.638. The van der Waals surface area contributed by atoms with Crippen molar-refractivity contribution in [3.63, 3.8) is 0 Å². The van der Waals surface area contributed by atoms with Crippen LogP contribution in [0.5, 0.6) is 0 Å². The molecule has 2 aromatic heterocycles. The number of nitrogens with zero attached hydrogens (tertiary/aromatic N) is 2. The van der Waals surface area contributed by atoms with Crippen LogP contribution in [0.3, 0.4) is 0 Å². The van der Waals surface area contributed by atoms with Gasteiger partial charge in [0.1, 0.15) is 5.65 Å². The van der Waals surface area contributed by atoms with Gasteiger partial charge in [-0.15, -0.1) is 0 Å². The summed E-state index contributed by atoms with van der Waals surface area (Å²) >= 11 is 5.89. The molecule has 0 radical (unpaired) electrons. The highest BCUT2D eigenvalue weighted by Crippen LogP contribution is 2.13. The number of hydrogen-bond acceptors (Lipinski definition) is 1. The molecule has 74 valence electrons. The van der Waals surface area contributed by atoms with Gasteiger partial charge in [0.25, 0.3) is 0 Å². The average molecular weight is 209 g/mol. The van der Waals surface area contributed by atoms with Crippen LogP contribution in [0, 0.1) is 5.92 Å². The fourth-order valence-electron chi connectivity index (χ4n) is 1.53. The highest BCUT2D eigenvalue weighted by molar-refractivity contribution is 6.30. The minimum absolute atomic E-state index is 0.635. The minimum Gasteiger partial charge on any atom is -0.305 e. The van der Waals surface area contributed by atoms with E-state index in [2.05, 4.69) is 18.8 Å². The first kappa shape index (κ1) is 9.53. The summed E-state index contributed by atoms with van der Waals surface area (Å²) in [4.78, 5) is 4.50. The third-order valence-electron chi connectivity index (χ3n) is 2.08.